The van der Waals surface area contributed by atoms with E-state index < -0.39 is 50.9 Å². The molecule has 0 radical (unpaired) electrons. The number of carbonyl (C=O) groups excluding carboxylic acids is 4. The molecule has 12 nitrogen and oxygen atoms in total. The van der Waals surface area contributed by atoms with E-state index in [4.69, 9.17) is 4.74 Å². The van der Waals surface area contributed by atoms with Gasteiger partial charge in [-0.15, -0.1) is 11.3 Å². The highest BCUT2D eigenvalue weighted by Crippen LogP contribution is 2.48. The van der Waals surface area contributed by atoms with Crippen molar-refractivity contribution in [1.29, 1.82) is 0 Å². The molecule has 2 aromatic rings. The molecule has 0 spiro atoms. The second-order valence-corrected chi connectivity index (χ2v) is 17.1. The normalized spacial score (nSPS) is 28.0. The number of aromatic nitrogens is 1. The number of hydrogen-bond donors (Lipinski definition) is 2. The Balaban J connectivity index is 1.04. The van der Waals surface area contributed by atoms with Crippen LogP contribution in [0, 0.1) is 12.8 Å². The second kappa shape index (κ2) is 13.1. The lowest BCUT2D eigenvalue weighted by atomic mass is 10.0. The van der Waals surface area contributed by atoms with Crippen molar-refractivity contribution in [3.8, 4) is 11.3 Å². The Morgan fingerprint density at radius 3 is 2.54 bits per heavy atom. The summed E-state index contributed by atoms with van der Waals surface area (Å²) in [5.74, 6) is -1.59. The van der Waals surface area contributed by atoms with E-state index in [-0.39, 0.29) is 31.2 Å². The van der Waals surface area contributed by atoms with Crippen LogP contribution < -0.4 is 10.0 Å². The summed E-state index contributed by atoms with van der Waals surface area (Å²) in [6, 6.07) is 5.13. The molecule has 4 atom stereocenters. The van der Waals surface area contributed by atoms with Crippen molar-refractivity contribution in [3.05, 3.63) is 39.7 Å². The molecule has 1 aromatic carbocycles. The highest BCUT2D eigenvalue weighted by molar-refractivity contribution is 7.91. The van der Waals surface area contributed by atoms with E-state index >= 15 is 0 Å². The number of benzene rings is 1. The average Bonchev–Trinajstić information content (AvgIpc) is 3.86. The molecular formula is C34H43N5O7S2. The number of carbonyl (C=O) groups is 4. The number of nitrogens with one attached hydrogen (secondary N) is 2. The third kappa shape index (κ3) is 6.83. The van der Waals surface area contributed by atoms with Gasteiger partial charge in [-0.1, -0.05) is 44.2 Å². The number of fused-ring (bicyclic) bond motifs is 3. The summed E-state index contributed by atoms with van der Waals surface area (Å²) in [5, 5.41) is 5.34. The predicted molar refractivity (Wildman–Crippen MR) is 178 cm³/mol. The first-order valence-electron chi connectivity index (χ1n) is 17.2. The van der Waals surface area contributed by atoms with E-state index in [0.717, 1.165) is 59.5 Å². The van der Waals surface area contributed by atoms with E-state index in [1.54, 1.807) is 16.2 Å². The number of nitrogens with zero attached hydrogens (tertiary/aromatic N) is 3. The summed E-state index contributed by atoms with van der Waals surface area (Å²) in [6.07, 6.45) is 6.72. The van der Waals surface area contributed by atoms with Gasteiger partial charge in [0.2, 0.25) is 21.8 Å². The molecule has 4 heterocycles. The Morgan fingerprint density at radius 2 is 1.79 bits per heavy atom. The van der Waals surface area contributed by atoms with Crippen LogP contribution in [0.25, 0.3) is 11.3 Å². The van der Waals surface area contributed by atoms with Gasteiger partial charge in [0.05, 0.1) is 22.5 Å². The lowest BCUT2D eigenvalue weighted by Crippen LogP contribution is -2.56. The van der Waals surface area contributed by atoms with Crippen molar-refractivity contribution in [2.45, 2.75) is 120 Å². The molecule has 4 fully saturated rings. The SMILES string of the molecule is Cc1nc(-c2ccc3c(c2)CN(C(=O)O[C@@H]2C[C@H]4C(=O)N[C@]5(C(=O)NS(=O)(=O)C6CC6)C[C@H]5CCCCCCCCC(=O)N4C2)C3)cs1. The molecule has 5 aliphatic rings. The van der Waals surface area contributed by atoms with Crippen LogP contribution in [0.4, 0.5) is 4.79 Å². The fourth-order valence-electron chi connectivity index (χ4n) is 7.47. The van der Waals surface area contributed by atoms with Crippen LogP contribution >= 0.6 is 11.3 Å². The number of amides is 4. The van der Waals surface area contributed by atoms with E-state index in [9.17, 15) is 27.6 Å². The minimum atomic E-state index is -3.80. The number of rotatable bonds is 5. The largest absolute Gasteiger partial charge is 0.444 e. The smallest absolute Gasteiger partial charge is 0.410 e. The van der Waals surface area contributed by atoms with Gasteiger partial charge in [-0.05, 0) is 62.1 Å². The van der Waals surface area contributed by atoms with Crippen molar-refractivity contribution in [1.82, 2.24) is 24.8 Å². The highest BCUT2D eigenvalue weighted by atomic mass is 32.2. The lowest BCUT2D eigenvalue weighted by Gasteiger charge is -2.26. The number of thiazole rings is 1. The summed E-state index contributed by atoms with van der Waals surface area (Å²) in [5.41, 5.74) is 2.62. The van der Waals surface area contributed by atoms with E-state index in [2.05, 4.69) is 21.1 Å². The van der Waals surface area contributed by atoms with Crippen molar-refractivity contribution < 1.29 is 32.3 Å². The molecular weight excluding hydrogens is 655 g/mol. The van der Waals surface area contributed by atoms with Crippen LogP contribution in [-0.2, 0) is 42.2 Å². The number of hydrogen-bond acceptors (Lipinski definition) is 9. The Bertz CT molecular complexity index is 1720. The van der Waals surface area contributed by atoms with Gasteiger partial charge in [-0.25, -0.2) is 18.2 Å². The molecule has 2 aliphatic carbocycles. The first-order chi connectivity index (χ1) is 23.0. The summed E-state index contributed by atoms with van der Waals surface area (Å²) in [7, 11) is -3.80. The lowest BCUT2D eigenvalue weighted by molar-refractivity contribution is -0.140. The third-order valence-electron chi connectivity index (χ3n) is 10.5. The second-order valence-electron chi connectivity index (χ2n) is 14.1. The minimum absolute atomic E-state index is 0.0788. The zero-order valence-electron chi connectivity index (χ0n) is 27.2. The number of ether oxygens (including phenoxy) is 1. The van der Waals surface area contributed by atoms with Gasteiger partial charge in [-0.2, -0.15) is 0 Å². The molecule has 1 aromatic heterocycles. The maximum absolute atomic E-state index is 13.9. The van der Waals surface area contributed by atoms with Crippen LogP contribution in [0.5, 0.6) is 0 Å². The van der Waals surface area contributed by atoms with Crippen LogP contribution in [0.15, 0.2) is 23.6 Å². The molecule has 3 aliphatic heterocycles. The zero-order valence-corrected chi connectivity index (χ0v) is 28.9. The van der Waals surface area contributed by atoms with Crippen molar-refractivity contribution in [2.24, 2.45) is 5.92 Å². The van der Waals surface area contributed by atoms with Crippen molar-refractivity contribution in [2.75, 3.05) is 6.54 Å². The van der Waals surface area contributed by atoms with Crippen LogP contribution in [0.2, 0.25) is 0 Å². The maximum atomic E-state index is 13.9. The predicted octanol–water partition coefficient (Wildman–Crippen LogP) is 4.16. The van der Waals surface area contributed by atoms with Gasteiger partial charge in [0.25, 0.3) is 5.91 Å². The fourth-order valence-corrected chi connectivity index (χ4v) is 9.46. The summed E-state index contributed by atoms with van der Waals surface area (Å²) in [6.45, 7) is 2.82. The Kier molecular flexibility index (Phi) is 8.99. The number of aryl methyl sites for hydroxylation is 1. The van der Waals surface area contributed by atoms with Crippen LogP contribution in [-0.4, -0.2) is 76.5 Å². The Labute approximate surface area is 285 Å². The van der Waals surface area contributed by atoms with Gasteiger partial charge >= 0.3 is 6.09 Å². The molecule has 2 N–H and O–H groups in total. The highest BCUT2D eigenvalue weighted by Gasteiger charge is 2.62. The summed E-state index contributed by atoms with van der Waals surface area (Å²) < 4.78 is 33.5. The van der Waals surface area contributed by atoms with Gasteiger partial charge in [-0.3, -0.25) is 24.0 Å². The Hall–Kier alpha value is -3.52. The van der Waals surface area contributed by atoms with Crippen LogP contribution in [0.1, 0.15) is 93.2 Å². The van der Waals surface area contributed by atoms with E-state index in [1.807, 2.05) is 24.4 Å². The summed E-state index contributed by atoms with van der Waals surface area (Å²) >= 11 is 1.59. The molecule has 4 amide bonds. The topological polar surface area (TPSA) is 155 Å². The van der Waals surface area contributed by atoms with Gasteiger partial charge in [0.1, 0.15) is 17.7 Å². The third-order valence-corrected chi connectivity index (χ3v) is 13.1. The first kappa shape index (κ1) is 33.0. The molecule has 0 unspecified atom stereocenters. The maximum Gasteiger partial charge on any atom is 0.410 e. The molecule has 48 heavy (non-hydrogen) atoms. The van der Waals surface area contributed by atoms with Gasteiger partial charge < -0.3 is 15.0 Å². The van der Waals surface area contributed by atoms with Crippen molar-refractivity contribution in [3.63, 3.8) is 0 Å². The quantitative estimate of drug-likeness (QED) is 0.472. The van der Waals surface area contributed by atoms with E-state index in [1.165, 1.54) is 4.90 Å². The van der Waals surface area contributed by atoms with E-state index in [0.29, 0.717) is 45.2 Å². The van der Waals surface area contributed by atoms with Gasteiger partial charge in [0, 0.05) is 36.9 Å². The van der Waals surface area contributed by atoms with Gasteiger partial charge in [0.15, 0.2) is 0 Å². The van der Waals surface area contributed by atoms with Crippen LogP contribution in [0.3, 0.4) is 0 Å². The zero-order chi connectivity index (χ0) is 33.6. The molecule has 0 bridgehead atoms. The molecule has 2 saturated heterocycles. The summed E-state index contributed by atoms with van der Waals surface area (Å²) in [4.78, 5) is 62.0. The first-order valence-corrected chi connectivity index (χ1v) is 19.6. The molecule has 14 heteroatoms. The standard InChI is InChI=1S/C34H43N5O7S2/c1-21-35-28(20-47-21)22-10-11-23-17-38(18-24(23)14-22)33(43)46-26-15-29-31(41)36-34(32(42)37-48(44,45)27-12-13-27)16-25(34)8-6-4-2-3-5-7-9-30(40)39(29)19-26/h10-11,14,20,25-27,29H,2-9,12-13,15-19H2,1H3,(H,36,41)(H,37,42)/t25-,26-,29+,34-/m1/s1. The molecule has 7 rings (SSSR count). The molecule has 258 valence electrons. The average molecular weight is 698 g/mol. The van der Waals surface area contributed by atoms with Crippen molar-refractivity contribution >= 4 is 45.2 Å². The fraction of sp³-hybridized carbons (Fsp3) is 0.618. The molecule has 2 saturated carbocycles. The monoisotopic (exact) mass is 697 g/mol. The minimum Gasteiger partial charge on any atom is -0.444 e. The Morgan fingerprint density at radius 1 is 1.04 bits per heavy atom. The number of sulfonamides is 1.